The number of ketones is 1. The maximum Gasteiger partial charge on any atom is 0.335 e. The Morgan fingerprint density at radius 2 is 1.18 bits per heavy atom. The zero-order valence-corrected chi connectivity index (χ0v) is 38.2. The zero-order chi connectivity index (χ0) is 45.2. The van der Waals surface area contributed by atoms with Crippen molar-refractivity contribution in [3.63, 3.8) is 0 Å². The van der Waals surface area contributed by atoms with E-state index in [1.807, 2.05) is 6.92 Å². The Bertz CT molecular complexity index is 1300. The lowest BCUT2D eigenvalue weighted by Crippen LogP contribution is -2.42. The Labute approximate surface area is 371 Å². The first kappa shape index (κ1) is 57.4. The van der Waals surface area contributed by atoms with E-state index in [9.17, 15) is 33.9 Å². The van der Waals surface area contributed by atoms with Gasteiger partial charge in [0.25, 0.3) is 0 Å². The van der Waals surface area contributed by atoms with Crippen molar-refractivity contribution >= 4 is 51.4 Å². The van der Waals surface area contributed by atoms with Crippen LogP contribution in [0.3, 0.4) is 0 Å². The second-order valence-corrected chi connectivity index (χ2v) is 14.9. The molecular weight excluding hydrogens is 858 g/mol. The number of carboxylic acid groups (broad SMARTS) is 2. The SMILES string of the molecule is CCOCCOCC(=O)CCCOCCOCC(=O)NC(CCCCNC(=O)CBr)C(=O)O.CNC(=O)CCCCCCCCCCCCCCOc1ccc(C(=O)O)cc1. The lowest BCUT2D eigenvalue weighted by atomic mass is 10.0. The number of benzene rings is 1. The quantitative estimate of drug-likeness (QED) is 0.0363. The third-order valence-corrected chi connectivity index (χ3v) is 9.64. The second kappa shape index (κ2) is 41.7. The molecule has 1 atom stereocenters. The summed E-state index contributed by atoms with van der Waals surface area (Å²) in [5.74, 6) is -1.80. The third-order valence-electron chi connectivity index (χ3n) is 9.13. The summed E-state index contributed by atoms with van der Waals surface area (Å²) >= 11 is 3.04. The van der Waals surface area contributed by atoms with E-state index in [0.29, 0.717) is 71.7 Å². The molecule has 61 heavy (non-hydrogen) atoms. The van der Waals surface area contributed by atoms with Crippen molar-refractivity contribution in [2.45, 2.75) is 129 Å². The number of aliphatic carboxylic acids is 1. The first-order valence-electron chi connectivity index (χ1n) is 21.9. The van der Waals surface area contributed by atoms with Crippen LogP contribution in [0.1, 0.15) is 133 Å². The molecule has 1 aromatic rings. The van der Waals surface area contributed by atoms with Crippen LogP contribution in [0.5, 0.6) is 5.75 Å². The smallest absolute Gasteiger partial charge is 0.335 e. The normalized spacial score (nSPS) is 11.2. The number of carbonyl (C=O) groups is 6. The molecule has 0 heterocycles. The number of carbonyl (C=O) groups excluding carboxylic acids is 4. The molecule has 1 aromatic carbocycles. The van der Waals surface area contributed by atoms with Gasteiger partial charge in [0, 0.05) is 39.6 Å². The fraction of sp³-hybridized carbons (Fsp3) is 0.727. The van der Waals surface area contributed by atoms with E-state index in [-0.39, 0.29) is 61.3 Å². The van der Waals surface area contributed by atoms with Gasteiger partial charge in [0.05, 0.1) is 43.9 Å². The van der Waals surface area contributed by atoms with Gasteiger partial charge in [-0.1, -0.05) is 80.1 Å². The van der Waals surface area contributed by atoms with E-state index in [2.05, 4.69) is 31.9 Å². The zero-order valence-electron chi connectivity index (χ0n) is 36.7. The number of hydrogen-bond acceptors (Lipinski definition) is 11. The van der Waals surface area contributed by atoms with Gasteiger partial charge in [-0.25, -0.2) is 9.59 Å². The lowest BCUT2D eigenvalue weighted by molar-refractivity contribution is -0.142. The van der Waals surface area contributed by atoms with Crippen molar-refractivity contribution in [2.75, 3.05) is 78.4 Å². The Hall–Kier alpha value is -3.64. The van der Waals surface area contributed by atoms with Gasteiger partial charge in [-0.3, -0.25) is 19.2 Å². The molecular formula is C44H74BrN3O13. The van der Waals surface area contributed by atoms with Gasteiger partial charge < -0.3 is 49.8 Å². The van der Waals surface area contributed by atoms with Gasteiger partial charge in [-0.15, -0.1) is 0 Å². The van der Waals surface area contributed by atoms with Crippen molar-refractivity contribution in [1.82, 2.24) is 16.0 Å². The van der Waals surface area contributed by atoms with Crippen LogP contribution in [-0.4, -0.2) is 130 Å². The van der Waals surface area contributed by atoms with Gasteiger partial charge >= 0.3 is 11.9 Å². The predicted octanol–water partition coefficient (Wildman–Crippen LogP) is 6.25. The molecule has 0 aliphatic rings. The van der Waals surface area contributed by atoms with Gasteiger partial charge in [0.15, 0.2) is 5.78 Å². The van der Waals surface area contributed by atoms with Crippen molar-refractivity contribution < 1.29 is 62.7 Å². The highest BCUT2D eigenvalue weighted by molar-refractivity contribution is 9.09. The molecule has 0 bridgehead atoms. The molecule has 5 N–H and O–H groups in total. The van der Waals surface area contributed by atoms with Crippen LogP contribution in [0, 0.1) is 0 Å². The topological polar surface area (TPSA) is 225 Å². The minimum atomic E-state index is -1.12. The standard InChI is InChI=1S/C23H37NO4.C21H37BrN2O9/c1-24-22(25)14-12-10-8-6-4-2-3-5-7-9-11-13-19-28-21-17-15-20(16-18-21)23(26)27;1-2-30-10-12-32-15-17(25)6-5-9-31-11-13-33-16-20(27)24-18(21(28)29)7-3-4-8-23-19(26)14-22/h15-18H,2-14,19H2,1H3,(H,24,25)(H,26,27);18H,2-16H2,1H3,(H,23,26)(H,24,27)(H,28,29). The van der Waals surface area contributed by atoms with Crippen LogP contribution in [0.15, 0.2) is 24.3 Å². The number of Topliss-reactive ketones (excluding diaryl/α,β-unsaturated/α-hetero) is 1. The maximum absolute atomic E-state index is 11.9. The number of unbranched alkanes of at least 4 members (excludes halogenated alkanes) is 12. The van der Waals surface area contributed by atoms with Crippen LogP contribution < -0.4 is 20.7 Å². The monoisotopic (exact) mass is 931 g/mol. The Balaban J connectivity index is 0.00000119. The van der Waals surface area contributed by atoms with Crippen LogP contribution in [0.2, 0.25) is 0 Å². The number of nitrogens with one attached hydrogen (secondary N) is 3. The minimum absolute atomic E-state index is 0.000287. The Kier molecular flexibility index (Phi) is 39.2. The molecule has 16 nitrogen and oxygen atoms in total. The maximum atomic E-state index is 11.9. The molecule has 0 aromatic heterocycles. The number of alkyl halides is 1. The van der Waals surface area contributed by atoms with Crippen LogP contribution in [0.4, 0.5) is 0 Å². The second-order valence-electron chi connectivity index (χ2n) is 14.3. The number of aromatic carboxylic acids is 1. The summed E-state index contributed by atoms with van der Waals surface area (Å²) in [6, 6.07) is 5.56. The number of hydrogen-bond donors (Lipinski definition) is 5. The first-order chi connectivity index (χ1) is 29.5. The molecule has 0 aliphatic heterocycles. The van der Waals surface area contributed by atoms with E-state index in [1.54, 1.807) is 31.3 Å². The van der Waals surface area contributed by atoms with Gasteiger partial charge in [0.2, 0.25) is 17.7 Å². The van der Waals surface area contributed by atoms with Crippen LogP contribution in [0.25, 0.3) is 0 Å². The fourth-order valence-corrected chi connectivity index (χ4v) is 5.88. The first-order valence-corrected chi connectivity index (χ1v) is 23.0. The van der Waals surface area contributed by atoms with E-state index in [4.69, 9.17) is 28.8 Å². The highest BCUT2D eigenvalue weighted by atomic mass is 79.9. The molecule has 0 radical (unpaired) electrons. The number of halogens is 1. The number of amides is 3. The summed E-state index contributed by atoms with van der Waals surface area (Å²) in [5.41, 5.74) is 0.286. The highest BCUT2D eigenvalue weighted by Gasteiger charge is 2.19. The van der Waals surface area contributed by atoms with Gasteiger partial charge in [0.1, 0.15) is 25.0 Å². The Morgan fingerprint density at radius 3 is 1.75 bits per heavy atom. The summed E-state index contributed by atoms with van der Waals surface area (Å²) in [5, 5.41) is 26.1. The molecule has 0 fully saturated rings. The summed E-state index contributed by atoms with van der Waals surface area (Å²) in [6.45, 7) is 5.12. The minimum Gasteiger partial charge on any atom is -0.494 e. The lowest BCUT2D eigenvalue weighted by Gasteiger charge is -2.14. The molecule has 17 heteroatoms. The summed E-state index contributed by atoms with van der Waals surface area (Å²) < 4.78 is 26.5. The van der Waals surface area contributed by atoms with Crippen LogP contribution in [-0.2, 0) is 42.9 Å². The van der Waals surface area contributed by atoms with Gasteiger partial charge in [-0.05, 0) is 69.7 Å². The van der Waals surface area contributed by atoms with Crippen molar-refractivity contribution in [3.8, 4) is 5.75 Å². The van der Waals surface area contributed by atoms with E-state index in [1.165, 1.54) is 64.2 Å². The molecule has 3 amide bonds. The number of carboxylic acids is 2. The van der Waals surface area contributed by atoms with Crippen molar-refractivity contribution in [1.29, 1.82) is 0 Å². The Morgan fingerprint density at radius 1 is 0.607 bits per heavy atom. The van der Waals surface area contributed by atoms with E-state index >= 15 is 0 Å². The highest BCUT2D eigenvalue weighted by Crippen LogP contribution is 2.15. The number of ether oxygens (including phenoxy) is 5. The molecule has 0 spiro atoms. The van der Waals surface area contributed by atoms with E-state index < -0.39 is 23.9 Å². The summed E-state index contributed by atoms with van der Waals surface area (Å²) in [6.07, 6.45) is 17.7. The van der Waals surface area contributed by atoms with E-state index in [0.717, 1.165) is 18.6 Å². The summed E-state index contributed by atoms with van der Waals surface area (Å²) in [7, 11) is 1.69. The molecule has 0 saturated heterocycles. The predicted molar refractivity (Wildman–Crippen MR) is 236 cm³/mol. The third kappa shape index (κ3) is 37.8. The summed E-state index contributed by atoms with van der Waals surface area (Å²) in [4.78, 5) is 67.7. The van der Waals surface area contributed by atoms with Crippen molar-refractivity contribution in [2.24, 2.45) is 0 Å². The average Bonchev–Trinajstić information content (AvgIpc) is 3.25. The fourth-order valence-electron chi connectivity index (χ4n) is 5.68. The van der Waals surface area contributed by atoms with Crippen LogP contribution >= 0.6 is 15.9 Å². The molecule has 350 valence electrons. The van der Waals surface area contributed by atoms with Gasteiger partial charge in [-0.2, -0.15) is 0 Å². The average molecular weight is 933 g/mol. The number of rotatable bonds is 40. The molecule has 0 aliphatic carbocycles. The largest absolute Gasteiger partial charge is 0.494 e. The molecule has 0 saturated carbocycles. The van der Waals surface area contributed by atoms with Crippen molar-refractivity contribution in [3.05, 3.63) is 29.8 Å². The molecule has 1 unspecified atom stereocenters. The molecule has 1 rings (SSSR count).